The number of rotatable bonds is 10. The molecular formula is C27H28ClNO4. The number of amides is 1. The molecule has 0 saturated carbocycles. The van der Waals surface area contributed by atoms with Crippen molar-refractivity contribution >= 4 is 23.5 Å². The van der Waals surface area contributed by atoms with Gasteiger partial charge in [-0.25, -0.2) is 4.79 Å². The summed E-state index contributed by atoms with van der Waals surface area (Å²) in [7, 11) is 0. The first-order valence-electron chi connectivity index (χ1n) is 11.0. The lowest BCUT2D eigenvalue weighted by Crippen LogP contribution is -2.26. The maximum atomic E-state index is 12.8. The van der Waals surface area contributed by atoms with Crippen molar-refractivity contribution in [2.24, 2.45) is 0 Å². The second kappa shape index (κ2) is 11.5. The maximum Gasteiger partial charge on any atom is 0.335 e. The molecule has 3 aromatic carbocycles. The van der Waals surface area contributed by atoms with E-state index >= 15 is 0 Å². The summed E-state index contributed by atoms with van der Waals surface area (Å²) in [4.78, 5) is 23.8. The van der Waals surface area contributed by atoms with E-state index in [4.69, 9.17) is 21.4 Å². The third-order valence-corrected chi connectivity index (χ3v) is 5.56. The van der Waals surface area contributed by atoms with Crippen LogP contribution in [0.1, 0.15) is 53.0 Å². The molecule has 1 unspecified atom stereocenters. The predicted molar refractivity (Wildman–Crippen MR) is 131 cm³/mol. The van der Waals surface area contributed by atoms with Crippen LogP contribution in [0.2, 0.25) is 5.02 Å². The molecule has 0 aliphatic carbocycles. The number of nitrogens with one attached hydrogen (secondary N) is 1. The van der Waals surface area contributed by atoms with Gasteiger partial charge in [0, 0.05) is 11.6 Å². The smallest absolute Gasteiger partial charge is 0.335 e. The summed E-state index contributed by atoms with van der Waals surface area (Å²) in [6.45, 7) is 4.56. The molecule has 3 aromatic rings. The number of hydrogen-bond acceptors (Lipinski definition) is 3. The van der Waals surface area contributed by atoms with Crippen LogP contribution >= 0.6 is 11.6 Å². The topological polar surface area (TPSA) is 75.6 Å². The summed E-state index contributed by atoms with van der Waals surface area (Å²) < 4.78 is 5.95. The average molecular weight is 466 g/mol. The summed E-state index contributed by atoms with van der Waals surface area (Å²) in [5.41, 5.74) is 3.73. The maximum absolute atomic E-state index is 12.8. The van der Waals surface area contributed by atoms with Crippen molar-refractivity contribution in [1.29, 1.82) is 0 Å². The van der Waals surface area contributed by atoms with Gasteiger partial charge in [-0.05, 0) is 66.8 Å². The van der Waals surface area contributed by atoms with Crippen LogP contribution in [0.4, 0.5) is 0 Å². The molecule has 0 spiro atoms. The highest BCUT2D eigenvalue weighted by atomic mass is 35.5. The highest BCUT2D eigenvalue weighted by molar-refractivity contribution is 6.31. The molecule has 3 rings (SSSR count). The van der Waals surface area contributed by atoms with Gasteiger partial charge in [-0.2, -0.15) is 0 Å². The molecule has 5 nitrogen and oxygen atoms in total. The van der Waals surface area contributed by atoms with Crippen LogP contribution < -0.4 is 10.1 Å². The molecule has 0 aliphatic rings. The molecule has 33 heavy (non-hydrogen) atoms. The standard InChI is InChI=1S/C27H28ClNO4/c1-3-4-18(2)33-25-14-13-23(28)17-24(25)26(30)29-16-15-19-5-7-20(8-6-19)21-9-11-22(12-10-21)27(31)32/h5-14,17-18H,3-4,15-16H2,1-2H3,(H,29,30)(H,31,32). The Balaban J connectivity index is 1.58. The number of carbonyl (C=O) groups is 2. The van der Waals surface area contributed by atoms with Crippen LogP contribution in [0.25, 0.3) is 11.1 Å². The van der Waals surface area contributed by atoms with Crippen LogP contribution in [0, 0.1) is 0 Å². The number of benzene rings is 3. The number of aromatic carboxylic acids is 1. The second-order valence-electron chi connectivity index (χ2n) is 7.94. The van der Waals surface area contributed by atoms with Crippen molar-refractivity contribution in [3.8, 4) is 16.9 Å². The van der Waals surface area contributed by atoms with Crippen LogP contribution in [-0.4, -0.2) is 29.6 Å². The van der Waals surface area contributed by atoms with E-state index in [0.717, 1.165) is 29.5 Å². The minimum Gasteiger partial charge on any atom is -0.490 e. The van der Waals surface area contributed by atoms with E-state index in [1.54, 1.807) is 42.5 Å². The summed E-state index contributed by atoms with van der Waals surface area (Å²) in [5.74, 6) is -0.617. The molecule has 0 aromatic heterocycles. The third-order valence-electron chi connectivity index (χ3n) is 5.33. The van der Waals surface area contributed by atoms with Crippen molar-refractivity contribution in [1.82, 2.24) is 5.32 Å². The number of ether oxygens (including phenoxy) is 1. The number of carbonyl (C=O) groups excluding carboxylic acids is 1. The Morgan fingerprint density at radius 3 is 2.24 bits per heavy atom. The minimum atomic E-state index is -0.939. The molecule has 0 bridgehead atoms. The van der Waals surface area contributed by atoms with Gasteiger partial charge in [-0.1, -0.05) is 61.3 Å². The van der Waals surface area contributed by atoms with Gasteiger partial charge in [0.15, 0.2) is 0 Å². The number of hydrogen-bond donors (Lipinski definition) is 2. The SMILES string of the molecule is CCCC(C)Oc1ccc(Cl)cc1C(=O)NCCc1ccc(-c2ccc(C(=O)O)cc2)cc1. The fourth-order valence-electron chi connectivity index (χ4n) is 3.55. The zero-order valence-corrected chi connectivity index (χ0v) is 19.6. The van der Waals surface area contributed by atoms with Crippen molar-refractivity contribution in [3.05, 3.63) is 88.4 Å². The Labute approximate surface area is 199 Å². The lowest BCUT2D eigenvalue weighted by molar-refractivity contribution is 0.0696. The zero-order valence-electron chi connectivity index (χ0n) is 18.8. The monoisotopic (exact) mass is 465 g/mol. The second-order valence-corrected chi connectivity index (χ2v) is 8.38. The van der Waals surface area contributed by atoms with Crippen molar-refractivity contribution in [2.75, 3.05) is 6.54 Å². The van der Waals surface area contributed by atoms with Gasteiger partial charge in [0.1, 0.15) is 5.75 Å². The molecule has 0 radical (unpaired) electrons. The quantitative estimate of drug-likeness (QED) is 0.371. The predicted octanol–water partition coefficient (Wildman–Crippen LogP) is 6.25. The summed E-state index contributed by atoms with van der Waals surface area (Å²) in [6, 6.07) is 19.9. The Hall–Kier alpha value is -3.31. The van der Waals surface area contributed by atoms with Gasteiger partial charge in [0.2, 0.25) is 0 Å². The van der Waals surface area contributed by atoms with Crippen LogP contribution in [0.5, 0.6) is 5.75 Å². The Bertz CT molecular complexity index is 1090. The molecule has 0 saturated heterocycles. The fourth-order valence-corrected chi connectivity index (χ4v) is 3.72. The molecule has 0 fully saturated rings. The first-order chi connectivity index (χ1) is 15.9. The van der Waals surface area contributed by atoms with Gasteiger partial charge >= 0.3 is 5.97 Å². The first-order valence-corrected chi connectivity index (χ1v) is 11.4. The van der Waals surface area contributed by atoms with Crippen LogP contribution in [0.15, 0.2) is 66.7 Å². The third kappa shape index (κ3) is 6.83. The van der Waals surface area contributed by atoms with E-state index in [-0.39, 0.29) is 17.6 Å². The molecule has 172 valence electrons. The van der Waals surface area contributed by atoms with E-state index in [2.05, 4.69) is 12.2 Å². The molecule has 1 atom stereocenters. The van der Waals surface area contributed by atoms with Gasteiger partial charge in [-0.3, -0.25) is 4.79 Å². The zero-order chi connectivity index (χ0) is 23.8. The lowest BCUT2D eigenvalue weighted by atomic mass is 10.0. The normalized spacial score (nSPS) is 11.6. The highest BCUT2D eigenvalue weighted by Crippen LogP contribution is 2.25. The van der Waals surface area contributed by atoms with Crippen molar-refractivity contribution < 1.29 is 19.4 Å². The van der Waals surface area contributed by atoms with E-state index < -0.39 is 5.97 Å². The Morgan fingerprint density at radius 2 is 1.64 bits per heavy atom. The lowest BCUT2D eigenvalue weighted by Gasteiger charge is -2.17. The first kappa shape index (κ1) is 24.3. The largest absolute Gasteiger partial charge is 0.490 e. The van der Waals surface area contributed by atoms with E-state index in [9.17, 15) is 9.59 Å². The van der Waals surface area contributed by atoms with Gasteiger partial charge in [0.25, 0.3) is 5.91 Å². The van der Waals surface area contributed by atoms with Gasteiger partial charge in [0.05, 0.1) is 17.2 Å². The minimum absolute atomic E-state index is 0.0153. The molecule has 1 amide bonds. The average Bonchev–Trinajstić information content (AvgIpc) is 2.81. The summed E-state index contributed by atoms with van der Waals surface area (Å²) >= 11 is 6.11. The molecule has 0 heterocycles. The molecular weight excluding hydrogens is 438 g/mol. The van der Waals surface area contributed by atoms with Crippen molar-refractivity contribution in [2.45, 2.75) is 39.2 Å². The Morgan fingerprint density at radius 1 is 1.00 bits per heavy atom. The number of carboxylic acid groups (broad SMARTS) is 1. The summed E-state index contributed by atoms with van der Waals surface area (Å²) in [6.07, 6.45) is 2.60. The number of halogens is 1. The van der Waals surface area contributed by atoms with Gasteiger partial charge in [-0.15, -0.1) is 0 Å². The molecule has 2 N–H and O–H groups in total. The number of carboxylic acids is 1. The van der Waals surface area contributed by atoms with Gasteiger partial charge < -0.3 is 15.2 Å². The fraction of sp³-hybridized carbons (Fsp3) is 0.259. The Kier molecular flexibility index (Phi) is 8.50. The molecule has 6 heteroatoms. The van der Waals surface area contributed by atoms with E-state index in [0.29, 0.717) is 29.3 Å². The van der Waals surface area contributed by atoms with Crippen LogP contribution in [0.3, 0.4) is 0 Å². The highest BCUT2D eigenvalue weighted by Gasteiger charge is 2.15. The van der Waals surface area contributed by atoms with Crippen molar-refractivity contribution in [3.63, 3.8) is 0 Å². The van der Waals surface area contributed by atoms with E-state index in [1.165, 1.54) is 0 Å². The summed E-state index contributed by atoms with van der Waals surface area (Å²) in [5, 5.41) is 12.5. The molecule has 0 aliphatic heterocycles. The van der Waals surface area contributed by atoms with E-state index in [1.807, 2.05) is 31.2 Å². The van der Waals surface area contributed by atoms with Crippen LogP contribution in [-0.2, 0) is 6.42 Å².